The van der Waals surface area contributed by atoms with Crippen LogP contribution in [0.5, 0.6) is 0 Å². The Morgan fingerprint density at radius 2 is 1.22 bits per heavy atom. The maximum atomic E-state index is 3.62. The summed E-state index contributed by atoms with van der Waals surface area (Å²) in [5, 5.41) is 0. The van der Waals surface area contributed by atoms with E-state index in [4.69, 9.17) is 0 Å². The Morgan fingerprint density at radius 1 is 0.704 bits per heavy atom. The molecule has 0 aliphatic heterocycles. The van der Waals surface area contributed by atoms with Gasteiger partial charge in [0.1, 0.15) is 12.4 Å². The molecular weight excluding hydrogens is 328 g/mol. The highest BCUT2D eigenvalue weighted by Crippen LogP contribution is 2.26. The van der Waals surface area contributed by atoms with Gasteiger partial charge < -0.3 is 0 Å². The Kier molecular flexibility index (Phi) is 14.5. The maximum absolute atomic E-state index is 3.62. The summed E-state index contributed by atoms with van der Waals surface area (Å²) < 4.78 is 2.54. The van der Waals surface area contributed by atoms with E-state index in [1.807, 2.05) is 0 Å². The quantitative estimate of drug-likeness (QED) is 0.196. The summed E-state index contributed by atoms with van der Waals surface area (Å²) in [6.07, 6.45) is 26.6. The molecule has 2 atom stereocenters. The lowest BCUT2D eigenvalue weighted by molar-refractivity contribution is -0.727. The minimum atomic E-state index is 0.619. The Bertz CT molecular complexity index is 437. The summed E-state index contributed by atoms with van der Waals surface area (Å²) in [4.78, 5) is 3.62. The van der Waals surface area contributed by atoms with Crippen molar-refractivity contribution in [2.75, 3.05) is 0 Å². The van der Waals surface area contributed by atoms with Gasteiger partial charge in [0.05, 0.1) is 12.0 Å². The van der Waals surface area contributed by atoms with Gasteiger partial charge in [-0.2, -0.15) is 0 Å². The van der Waals surface area contributed by atoms with Crippen LogP contribution >= 0.6 is 0 Å². The van der Waals surface area contributed by atoms with Gasteiger partial charge in [0.2, 0.25) is 0 Å². The molecule has 1 aromatic heterocycles. The largest absolute Gasteiger partial charge is 0.257 e. The van der Waals surface area contributed by atoms with Crippen LogP contribution in [0, 0.1) is 0 Å². The van der Waals surface area contributed by atoms with E-state index < -0.39 is 0 Å². The van der Waals surface area contributed by atoms with Crippen molar-refractivity contribution in [2.24, 2.45) is 0 Å². The number of hydrogen-bond donors (Lipinski definition) is 1. The van der Waals surface area contributed by atoms with E-state index >= 15 is 0 Å². The van der Waals surface area contributed by atoms with E-state index in [9.17, 15) is 0 Å². The molecule has 0 radical (unpaired) electrons. The van der Waals surface area contributed by atoms with Crippen molar-refractivity contribution in [1.82, 2.24) is 4.98 Å². The van der Waals surface area contributed by atoms with Gasteiger partial charge in [-0.3, -0.25) is 0 Å². The van der Waals surface area contributed by atoms with Gasteiger partial charge >= 0.3 is 0 Å². The molecule has 0 aliphatic rings. The topological polar surface area (TPSA) is 19.7 Å². The van der Waals surface area contributed by atoms with Crippen molar-refractivity contribution in [3.05, 3.63) is 18.2 Å². The standard InChI is InChI=1S/C25H48N2/c1-5-8-10-11-12-13-14-15-17-20-24(19-16-9-6-2)25-26-21-22-27(25)23(4)18-7-3/h21-24H,5-20H2,1-4H3/p+1. The fraction of sp³-hybridized carbons (Fsp3) is 0.880. The highest BCUT2D eigenvalue weighted by Gasteiger charge is 2.24. The minimum absolute atomic E-state index is 0.619. The molecule has 1 N–H and O–H groups in total. The molecule has 0 bridgehead atoms. The zero-order valence-electron chi connectivity index (χ0n) is 19.1. The minimum Gasteiger partial charge on any atom is -0.247 e. The van der Waals surface area contributed by atoms with Crippen LogP contribution in [0.1, 0.15) is 148 Å². The lowest BCUT2D eigenvalue weighted by Gasteiger charge is -2.17. The van der Waals surface area contributed by atoms with Gasteiger partial charge in [-0.15, -0.1) is 0 Å². The van der Waals surface area contributed by atoms with Crippen LogP contribution in [0.15, 0.2) is 12.4 Å². The normalized spacial score (nSPS) is 13.8. The molecule has 0 aliphatic carbocycles. The molecular formula is C25H49N2+. The highest BCUT2D eigenvalue weighted by atomic mass is 15.1. The van der Waals surface area contributed by atoms with Gasteiger partial charge in [0, 0.05) is 0 Å². The summed E-state index contributed by atoms with van der Waals surface area (Å²) in [6.45, 7) is 9.29. The van der Waals surface area contributed by atoms with Crippen molar-refractivity contribution in [3.63, 3.8) is 0 Å². The number of nitrogens with one attached hydrogen (secondary N) is 1. The first kappa shape index (κ1) is 24.2. The van der Waals surface area contributed by atoms with Crippen molar-refractivity contribution < 1.29 is 4.57 Å². The van der Waals surface area contributed by atoms with Crippen LogP contribution in [-0.2, 0) is 0 Å². The van der Waals surface area contributed by atoms with Crippen LogP contribution in [-0.4, -0.2) is 4.98 Å². The van der Waals surface area contributed by atoms with Crippen molar-refractivity contribution in [2.45, 2.75) is 142 Å². The third-order valence-electron chi connectivity index (χ3n) is 6.12. The zero-order chi connectivity index (χ0) is 19.7. The number of rotatable bonds is 18. The van der Waals surface area contributed by atoms with Gasteiger partial charge in [-0.25, -0.2) is 9.55 Å². The average Bonchev–Trinajstić information content (AvgIpc) is 3.15. The molecule has 1 rings (SSSR count). The second kappa shape index (κ2) is 16.2. The lowest BCUT2D eigenvalue weighted by Crippen LogP contribution is -2.41. The fourth-order valence-electron chi connectivity index (χ4n) is 4.39. The lowest BCUT2D eigenvalue weighted by atomic mass is 9.93. The third kappa shape index (κ3) is 10.4. The second-order valence-corrected chi connectivity index (χ2v) is 8.70. The van der Waals surface area contributed by atoms with E-state index in [1.54, 1.807) is 0 Å². The monoisotopic (exact) mass is 377 g/mol. The molecule has 1 heterocycles. The third-order valence-corrected chi connectivity index (χ3v) is 6.12. The van der Waals surface area contributed by atoms with Crippen LogP contribution in [0.2, 0.25) is 0 Å². The van der Waals surface area contributed by atoms with Crippen LogP contribution < -0.4 is 4.57 Å². The van der Waals surface area contributed by atoms with Crippen molar-refractivity contribution in [1.29, 1.82) is 0 Å². The molecule has 0 fully saturated rings. The molecule has 0 amide bonds. The Morgan fingerprint density at radius 3 is 1.81 bits per heavy atom. The summed E-state index contributed by atoms with van der Waals surface area (Å²) in [5.41, 5.74) is 0. The molecule has 0 saturated heterocycles. The molecule has 2 unspecified atom stereocenters. The van der Waals surface area contributed by atoms with E-state index in [0.29, 0.717) is 6.04 Å². The Hall–Kier alpha value is -0.790. The summed E-state index contributed by atoms with van der Waals surface area (Å²) >= 11 is 0. The number of nitrogens with zero attached hydrogens (tertiary/aromatic N) is 1. The predicted molar refractivity (Wildman–Crippen MR) is 119 cm³/mol. The SMILES string of the molecule is CCCCCCCCCCCC(CCCCC)c1[nH]cc[n+]1C(C)CCC. The average molecular weight is 378 g/mol. The molecule has 0 spiro atoms. The van der Waals surface area contributed by atoms with E-state index in [2.05, 4.69) is 49.6 Å². The van der Waals surface area contributed by atoms with Gasteiger partial charge in [-0.1, -0.05) is 104 Å². The smallest absolute Gasteiger partial charge is 0.247 e. The van der Waals surface area contributed by atoms with Gasteiger partial charge in [0.25, 0.3) is 5.82 Å². The number of aromatic amines is 1. The second-order valence-electron chi connectivity index (χ2n) is 8.70. The van der Waals surface area contributed by atoms with Gasteiger partial charge in [0.15, 0.2) is 0 Å². The van der Waals surface area contributed by atoms with E-state index in [1.165, 1.54) is 109 Å². The van der Waals surface area contributed by atoms with Crippen molar-refractivity contribution in [3.8, 4) is 0 Å². The van der Waals surface area contributed by atoms with Gasteiger partial charge in [-0.05, 0) is 26.2 Å². The van der Waals surface area contributed by atoms with Crippen LogP contribution in [0.3, 0.4) is 0 Å². The summed E-state index contributed by atoms with van der Waals surface area (Å²) in [7, 11) is 0. The molecule has 2 heteroatoms. The summed E-state index contributed by atoms with van der Waals surface area (Å²) in [6, 6.07) is 0.619. The molecule has 27 heavy (non-hydrogen) atoms. The van der Waals surface area contributed by atoms with E-state index in [0.717, 1.165) is 5.92 Å². The number of unbranched alkanes of at least 4 members (excludes halogenated alkanes) is 10. The number of aromatic nitrogens is 2. The molecule has 158 valence electrons. The molecule has 0 saturated carbocycles. The first-order valence-corrected chi connectivity index (χ1v) is 12.3. The Balaban J connectivity index is 2.42. The van der Waals surface area contributed by atoms with E-state index in [-0.39, 0.29) is 0 Å². The van der Waals surface area contributed by atoms with Crippen molar-refractivity contribution >= 4 is 0 Å². The molecule has 2 nitrogen and oxygen atoms in total. The maximum Gasteiger partial charge on any atom is 0.257 e. The molecule has 1 aromatic rings. The number of imidazole rings is 1. The number of hydrogen-bond acceptors (Lipinski definition) is 0. The Labute approximate surface area is 170 Å². The zero-order valence-corrected chi connectivity index (χ0v) is 19.1. The molecule has 0 aromatic carbocycles. The highest BCUT2D eigenvalue weighted by molar-refractivity contribution is 4.90. The first-order valence-electron chi connectivity index (χ1n) is 12.3. The predicted octanol–water partition coefficient (Wildman–Crippen LogP) is 8.25. The van der Waals surface area contributed by atoms with Crippen LogP contribution in [0.25, 0.3) is 0 Å². The first-order chi connectivity index (χ1) is 13.2. The fourth-order valence-corrected chi connectivity index (χ4v) is 4.39. The summed E-state index contributed by atoms with van der Waals surface area (Å²) in [5.74, 6) is 2.21. The number of H-pyrrole nitrogens is 1. The van der Waals surface area contributed by atoms with Crippen LogP contribution in [0.4, 0.5) is 0 Å².